The zero-order valence-corrected chi connectivity index (χ0v) is 19.4. The fourth-order valence-electron chi connectivity index (χ4n) is 3.86. The number of aryl methyl sites for hydroxylation is 2. The fraction of sp³-hybridized carbons (Fsp3) is 0.409. The van der Waals surface area contributed by atoms with Crippen molar-refractivity contribution < 1.29 is 24.1 Å². The van der Waals surface area contributed by atoms with Crippen molar-refractivity contribution in [2.75, 3.05) is 25.7 Å². The number of aliphatic hydroxyl groups is 1. The van der Waals surface area contributed by atoms with E-state index in [1.807, 2.05) is 0 Å². The maximum atomic E-state index is 12.5. The number of aromatic nitrogens is 2. The average molecular weight is 490 g/mol. The van der Waals surface area contributed by atoms with Gasteiger partial charge in [-0.3, -0.25) is 9.59 Å². The van der Waals surface area contributed by atoms with E-state index in [0.29, 0.717) is 28.8 Å². The van der Waals surface area contributed by atoms with Gasteiger partial charge in [-0.15, -0.1) is 23.1 Å². The van der Waals surface area contributed by atoms with Crippen LogP contribution in [0.2, 0.25) is 0 Å². The van der Waals surface area contributed by atoms with Crippen molar-refractivity contribution >= 4 is 39.2 Å². The highest BCUT2D eigenvalue weighted by Gasteiger charge is 2.21. The van der Waals surface area contributed by atoms with Crippen molar-refractivity contribution in [1.82, 2.24) is 15.3 Å². The number of carbonyl (C=O) groups is 1. The standard InChI is InChI=1S/C22H23N3O6S2/c26-12(8-29-13-4-5-15-16(6-13)31-11-30-15)7-23-19(27)10-32-9-18-24-21(28)20-14-2-1-3-17(14)33-22(20)25-18/h4-6,12,26H,1-3,7-11H2,(H,23,27)(H,24,25,28). The van der Waals surface area contributed by atoms with E-state index in [1.165, 1.54) is 16.6 Å². The summed E-state index contributed by atoms with van der Waals surface area (Å²) in [5, 5.41) is 13.5. The van der Waals surface area contributed by atoms with Crippen molar-refractivity contribution in [3.05, 3.63) is 44.8 Å². The molecule has 2 aliphatic rings. The predicted molar refractivity (Wildman–Crippen MR) is 126 cm³/mol. The Labute approximate surface area is 197 Å². The molecule has 3 heterocycles. The zero-order valence-electron chi connectivity index (χ0n) is 17.7. The SMILES string of the molecule is O=C(CSCc1nc2sc3c(c2c(=O)[nH]1)CCC3)NCC(O)COc1ccc2c(c1)OCO2. The Morgan fingerprint density at radius 1 is 1.33 bits per heavy atom. The Hall–Kier alpha value is -2.76. The van der Waals surface area contributed by atoms with E-state index in [-0.39, 0.29) is 37.2 Å². The van der Waals surface area contributed by atoms with Crippen molar-refractivity contribution in [2.24, 2.45) is 0 Å². The van der Waals surface area contributed by atoms with Gasteiger partial charge >= 0.3 is 0 Å². The van der Waals surface area contributed by atoms with Crippen molar-refractivity contribution in [2.45, 2.75) is 31.1 Å². The predicted octanol–water partition coefficient (Wildman–Crippen LogP) is 1.99. The van der Waals surface area contributed by atoms with Crippen molar-refractivity contribution in [3.8, 4) is 17.2 Å². The van der Waals surface area contributed by atoms with Crippen LogP contribution in [0.1, 0.15) is 22.7 Å². The van der Waals surface area contributed by atoms with Crippen LogP contribution in [-0.4, -0.2) is 52.8 Å². The van der Waals surface area contributed by atoms with Crippen molar-refractivity contribution in [1.29, 1.82) is 0 Å². The van der Waals surface area contributed by atoms with Gasteiger partial charge < -0.3 is 29.6 Å². The van der Waals surface area contributed by atoms with E-state index in [9.17, 15) is 14.7 Å². The number of nitrogens with one attached hydrogen (secondary N) is 2. The normalized spacial score (nSPS) is 14.9. The highest BCUT2D eigenvalue weighted by atomic mass is 32.2. The number of carbonyl (C=O) groups excluding carboxylic acids is 1. The first kappa shape index (κ1) is 22.1. The minimum Gasteiger partial charge on any atom is -0.491 e. The summed E-state index contributed by atoms with van der Waals surface area (Å²) in [6.45, 7) is 0.289. The fourth-order valence-corrected chi connectivity index (χ4v) is 5.86. The van der Waals surface area contributed by atoms with Crippen LogP contribution in [0.4, 0.5) is 0 Å². The molecule has 5 rings (SSSR count). The van der Waals surface area contributed by atoms with Crippen LogP contribution < -0.4 is 25.1 Å². The van der Waals surface area contributed by atoms with Gasteiger partial charge in [0, 0.05) is 17.5 Å². The first-order valence-corrected chi connectivity index (χ1v) is 12.6. The number of nitrogens with zero attached hydrogens (tertiary/aromatic N) is 1. The number of H-pyrrole nitrogens is 1. The number of aromatic amines is 1. The van der Waals surface area contributed by atoms with Gasteiger partial charge in [-0.2, -0.15) is 0 Å². The summed E-state index contributed by atoms with van der Waals surface area (Å²) >= 11 is 2.96. The molecule has 0 saturated carbocycles. The molecule has 33 heavy (non-hydrogen) atoms. The summed E-state index contributed by atoms with van der Waals surface area (Å²) in [6, 6.07) is 5.17. The van der Waals surface area contributed by atoms with E-state index in [2.05, 4.69) is 15.3 Å². The molecule has 1 atom stereocenters. The maximum absolute atomic E-state index is 12.5. The molecule has 9 nitrogen and oxygen atoms in total. The third kappa shape index (κ3) is 4.94. The Morgan fingerprint density at radius 2 is 2.21 bits per heavy atom. The summed E-state index contributed by atoms with van der Waals surface area (Å²) < 4.78 is 16.1. The molecule has 0 bridgehead atoms. The zero-order chi connectivity index (χ0) is 22.8. The molecule has 1 amide bonds. The number of aliphatic hydroxyl groups excluding tert-OH is 1. The Morgan fingerprint density at radius 3 is 3.12 bits per heavy atom. The minimum atomic E-state index is -0.856. The topological polar surface area (TPSA) is 123 Å². The van der Waals surface area contributed by atoms with Crippen LogP contribution in [0, 0.1) is 0 Å². The molecule has 3 aromatic rings. The van der Waals surface area contributed by atoms with Crippen LogP contribution in [0.25, 0.3) is 10.2 Å². The monoisotopic (exact) mass is 489 g/mol. The van der Waals surface area contributed by atoms with E-state index < -0.39 is 6.10 Å². The molecule has 174 valence electrons. The molecule has 1 aliphatic heterocycles. The molecule has 3 N–H and O–H groups in total. The molecular weight excluding hydrogens is 466 g/mol. The number of hydrogen-bond acceptors (Lipinski definition) is 9. The Bertz CT molecular complexity index is 1240. The lowest BCUT2D eigenvalue weighted by Crippen LogP contribution is -2.36. The van der Waals surface area contributed by atoms with E-state index in [4.69, 9.17) is 14.2 Å². The van der Waals surface area contributed by atoms with Crippen LogP contribution in [0.3, 0.4) is 0 Å². The van der Waals surface area contributed by atoms with Crippen LogP contribution in [0.5, 0.6) is 17.2 Å². The molecule has 2 aromatic heterocycles. The van der Waals surface area contributed by atoms with Gasteiger partial charge in [-0.05, 0) is 37.0 Å². The summed E-state index contributed by atoms with van der Waals surface area (Å²) in [5.74, 6) is 2.80. The molecule has 0 radical (unpaired) electrons. The molecule has 0 fully saturated rings. The van der Waals surface area contributed by atoms with E-state index >= 15 is 0 Å². The van der Waals surface area contributed by atoms with E-state index in [1.54, 1.807) is 29.5 Å². The lowest BCUT2D eigenvalue weighted by molar-refractivity contribution is -0.119. The molecule has 11 heteroatoms. The Kier molecular flexibility index (Phi) is 6.43. The molecule has 0 spiro atoms. The van der Waals surface area contributed by atoms with Gasteiger partial charge in [0.1, 0.15) is 29.1 Å². The second-order valence-electron chi connectivity index (χ2n) is 7.83. The van der Waals surface area contributed by atoms with Crippen LogP contribution in [-0.2, 0) is 23.4 Å². The molecule has 0 saturated heterocycles. The number of fused-ring (bicyclic) bond motifs is 4. The average Bonchev–Trinajstić information content (AvgIpc) is 3.51. The maximum Gasteiger partial charge on any atom is 0.259 e. The number of benzene rings is 1. The highest BCUT2D eigenvalue weighted by Crippen LogP contribution is 2.35. The van der Waals surface area contributed by atoms with Crippen molar-refractivity contribution in [3.63, 3.8) is 0 Å². The van der Waals surface area contributed by atoms with Gasteiger partial charge in [0.2, 0.25) is 12.7 Å². The lowest BCUT2D eigenvalue weighted by atomic mass is 10.2. The number of ether oxygens (including phenoxy) is 3. The van der Waals surface area contributed by atoms with Gasteiger partial charge in [0.25, 0.3) is 5.56 Å². The number of amides is 1. The first-order chi connectivity index (χ1) is 16.1. The summed E-state index contributed by atoms with van der Waals surface area (Å²) in [6.07, 6.45) is 2.21. The molecule has 1 aliphatic carbocycles. The summed E-state index contributed by atoms with van der Waals surface area (Å²) in [5.41, 5.74) is 1.06. The van der Waals surface area contributed by atoms with Gasteiger partial charge in [0.05, 0.1) is 16.9 Å². The van der Waals surface area contributed by atoms with Gasteiger partial charge in [0.15, 0.2) is 11.5 Å². The minimum absolute atomic E-state index is 0.0308. The highest BCUT2D eigenvalue weighted by molar-refractivity contribution is 7.99. The summed E-state index contributed by atoms with van der Waals surface area (Å²) in [4.78, 5) is 34.1. The summed E-state index contributed by atoms with van der Waals surface area (Å²) in [7, 11) is 0. The van der Waals surface area contributed by atoms with E-state index in [0.717, 1.165) is 35.0 Å². The number of rotatable bonds is 9. The molecular formula is C22H23N3O6S2. The van der Waals surface area contributed by atoms with Gasteiger partial charge in [-0.1, -0.05) is 0 Å². The van der Waals surface area contributed by atoms with Gasteiger partial charge in [-0.25, -0.2) is 4.98 Å². The third-order valence-electron chi connectivity index (χ3n) is 5.42. The number of hydrogen-bond donors (Lipinski definition) is 3. The second kappa shape index (κ2) is 9.62. The number of thiophene rings is 1. The smallest absolute Gasteiger partial charge is 0.259 e. The van der Waals surface area contributed by atoms with Crippen LogP contribution in [0.15, 0.2) is 23.0 Å². The Balaban J connectivity index is 1.04. The largest absolute Gasteiger partial charge is 0.491 e. The lowest BCUT2D eigenvalue weighted by Gasteiger charge is -2.13. The number of thioether (sulfide) groups is 1. The molecule has 1 aromatic carbocycles. The second-order valence-corrected chi connectivity index (χ2v) is 9.90. The first-order valence-electron chi connectivity index (χ1n) is 10.6. The third-order valence-corrected chi connectivity index (χ3v) is 7.55. The quantitative estimate of drug-likeness (QED) is 0.417. The van der Waals surface area contributed by atoms with Crippen LogP contribution >= 0.6 is 23.1 Å². The molecule has 1 unspecified atom stereocenters.